The molecule has 2 aromatic rings. The third kappa shape index (κ3) is 2.02. The van der Waals surface area contributed by atoms with Crippen molar-refractivity contribution in [3.8, 4) is 0 Å². The van der Waals surface area contributed by atoms with Gasteiger partial charge in [-0.25, -0.2) is 4.98 Å². The molecule has 3 nitrogen and oxygen atoms in total. The van der Waals surface area contributed by atoms with E-state index >= 15 is 0 Å². The molecule has 1 atom stereocenters. The third-order valence-electron chi connectivity index (χ3n) is 2.82. The maximum Gasteiger partial charge on any atom is 0.0961 e. The van der Waals surface area contributed by atoms with Crippen LogP contribution in [0.5, 0.6) is 0 Å². The summed E-state index contributed by atoms with van der Waals surface area (Å²) in [6.45, 7) is 2.21. The molecule has 0 radical (unpaired) electrons. The van der Waals surface area contributed by atoms with E-state index in [1.54, 1.807) is 0 Å². The molecular formula is C12H17N3S. The molecule has 1 unspecified atom stereocenters. The molecule has 0 bridgehead atoms. The summed E-state index contributed by atoms with van der Waals surface area (Å²) in [7, 11) is 0. The molecule has 86 valence electrons. The fourth-order valence-electron chi connectivity index (χ4n) is 1.93. The van der Waals surface area contributed by atoms with E-state index < -0.39 is 0 Å². The second-order valence-corrected chi connectivity index (χ2v) is 4.83. The standard InChI is InChI=1S/C12H17N3S/c1-3-10(7-16-2)15-8-14-11-6-9(13)4-5-12(11)15/h4-6,8,10H,3,7,13H2,1-2H3. The molecule has 0 amide bonds. The molecular weight excluding hydrogens is 218 g/mol. The van der Waals surface area contributed by atoms with Gasteiger partial charge in [0.2, 0.25) is 0 Å². The van der Waals surface area contributed by atoms with E-state index in [1.165, 1.54) is 5.52 Å². The van der Waals surface area contributed by atoms with Crippen LogP contribution in [0.25, 0.3) is 11.0 Å². The SMILES string of the molecule is CCC(CSC)n1cnc2cc(N)ccc21. The van der Waals surface area contributed by atoms with Gasteiger partial charge in [-0.3, -0.25) is 0 Å². The molecule has 1 aromatic carbocycles. The van der Waals surface area contributed by atoms with Crippen LogP contribution >= 0.6 is 11.8 Å². The number of nitrogen functional groups attached to an aromatic ring is 1. The van der Waals surface area contributed by atoms with Gasteiger partial charge in [-0.2, -0.15) is 11.8 Å². The van der Waals surface area contributed by atoms with Gasteiger partial charge in [-0.1, -0.05) is 6.92 Å². The highest BCUT2D eigenvalue weighted by molar-refractivity contribution is 7.98. The zero-order valence-corrected chi connectivity index (χ0v) is 10.5. The number of nitrogens with two attached hydrogens (primary N) is 1. The summed E-state index contributed by atoms with van der Waals surface area (Å²) < 4.78 is 2.26. The maximum atomic E-state index is 5.75. The molecule has 0 aliphatic carbocycles. The Labute approximate surface area is 100 Å². The van der Waals surface area contributed by atoms with E-state index in [9.17, 15) is 0 Å². The Bertz CT molecular complexity index is 478. The minimum absolute atomic E-state index is 0.517. The quantitative estimate of drug-likeness (QED) is 0.829. The van der Waals surface area contributed by atoms with Crippen LogP contribution in [0.2, 0.25) is 0 Å². The van der Waals surface area contributed by atoms with Gasteiger partial charge in [0.05, 0.1) is 17.4 Å². The Kier molecular flexibility index (Phi) is 3.39. The number of hydrogen-bond donors (Lipinski definition) is 1. The average Bonchev–Trinajstić information content (AvgIpc) is 2.68. The lowest BCUT2D eigenvalue weighted by atomic mass is 10.2. The second kappa shape index (κ2) is 4.78. The molecule has 1 heterocycles. The molecule has 4 heteroatoms. The number of rotatable bonds is 4. The highest BCUT2D eigenvalue weighted by Gasteiger charge is 2.11. The molecule has 0 fully saturated rings. The summed E-state index contributed by atoms with van der Waals surface area (Å²) >= 11 is 1.87. The van der Waals surface area contributed by atoms with E-state index in [4.69, 9.17) is 5.73 Å². The molecule has 0 saturated carbocycles. The first kappa shape index (κ1) is 11.3. The Morgan fingerprint density at radius 1 is 1.50 bits per heavy atom. The average molecular weight is 235 g/mol. The van der Waals surface area contributed by atoms with E-state index in [0.717, 1.165) is 23.4 Å². The Balaban J connectivity index is 2.44. The van der Waals surface area contributed by atoms with Crippen LogP contribution in [0.1, 0.15) is 19.4 Å². The molecule has 1 aromatic heterocycles. The minimum Gasteiger partial charge on any atom is -0.399 e. The molecule has 2 rings (SSSR count). The van der Waals surface area contributed by atoms with Crippen LogP contribution in [-0.2, 0) is 0 Å². The molecule has 0 aliphatic rings. The summed E-state index contributed by atoms with van der Waals surface area (Å²) in [6.07, 6.45) is 5.19. The van der Waals surface area contributed by atoms with Gasteiger partial charge >= 0.3 is 0 Å². The third-order valence-corrected chi connectivity index (χ3v) is 3.54. The van der Waals surface area contributed by atoms with Crippen molar-refractivity contribution in [1.82, 2.24) is 9.55 Å². The Hall–Kier alpha value is -1.16. The number of imidazole rings is 1. The summed E-state index contributed by atoms with van der Waals surface area (Å²) in [5.74, 6) is 1.12. The van der Waals surface area contributed by atoms with E-state index in [-0.39, 0.29) is 0 Å². The zero-order valence-electron chi connectivity index (χ0n) is 9.68. The fourth-order valence-corrected chi connectivity index (χ4v) is 2.71. The van der Waals surface area contributed by atoms with Crippen LogP contribution in [0.15, 0.2) is 24.5 Å². The van der Waals surface area contributed by atoms with Crippen molar-refractivity contribution in [2.75, 3.05) is 17.7 Å². The van der Waals surface area contributed by atoms with Crippen LogP contribution in [-0.4, -0.2) is 21.6 Å². The highest BCUT2D eigenvalue weighted by Crippen LogP contribution is 2.23. The van der Waals surface area contributed by atoms with Crippen molar-refractivity contribution >= 4 is 28.5 Å². The molecule has 0 spiro atoms. The van der Waals surface area contributed by atoms with Gasteiger partial charge in [0.1, 0.15) is 0 Å². The van der Waals surface area contributed by atoms with Gasteiger partial charge in [0.25, 0.3) is 0 Å². The van der Waals surface area contributed by atoms with Gasteiger partial charge < -0.3 is 10.3 Å². The van der Waals surface area contributed by atoms with Gasteiger partial charge in [0, 0.05) is 17.5 Å². The lowest BCUT2D eigenvalue weighted by Crippen LogP contribution is -2.09. The number of thioether (sulfide) groups is 1. The first-order valence-electron chi connectivity index (χ1n) is 5.47. The van der Waals surface area contributed by atoms with Crippen LogP contribution in [0.3, 0.4) is 0 Å². The van der Waals surface area contributed by atoms with Gasteiger partial charge in [0.15, 0.2) is 0 Å². The zero-order chi connectivity index (χ0) is 11.5. The van der Waals surface area contributed by atoms with Crippen molar-refractivity contribution in [3.05, 3.63) is 24.5 Å². The number of anilines is 1. The summed E-state index contributed by atoms with van der Waals surface area (Å²) in [5, 5.41) is 0. The predicted molar refractivity (Wildman–Crippen MR) is 71.9 cm³/mol. The van der Waals surface area contributed by atoms with E-state index in [0.29, 0.717) is 6.04 Å². The van der Waals surface area contributed by atoms with E-state index in [2.05, 4.69) is 28.8 Å². The number of aromatic nitrogens is 2. The number of benzene rings is 1. The predicted octanol–water partition coefficient (Wildman–Crippen LogP) is 2.93. The van der Waals surface area contributed by atoms with Crippen molar-refractivity contribution in [2.24, 2.45) is 0 Å². The summed E-state index contributed by atoms with van der Waals surface area (Å²) in [4.78, 5) is 4.40. The topological polar surface area (TPSA) is 43.8 Å². The van der Waals surface area contributed by atoms with Crippen LogP contribution < -0.4 is 5.73 Å². The molecule has 0 saturated heterocycles. The highest BCUT2D eigenvalue weighted by atomic mass is 32.2. The monoisotopic (exact) mass is 235 g/mol. The van der Waals surface area contributed by atoms with Crippen molar-refractivity contribution in [3.63, 3.8) is 0 Å². The smallest absolute Gasteiger partial charge is 0.0961 e. The minimum atomic E-state index is 0.517. The summed E-state index contributed by atoms with van der Waals surface area (Å²) in [5.41, 5.74) is 8.68. The van der Waals surface area contributed by atoms with Crippen molar-refractivity contribution in [2.45, 2.75) is 19.4 Å². The number of hydrogen-bond acceptors (Lipinski definition) is 3. The van der Waals surface area contributed by atoms with E-state index in [1.807, 2.05) is 30.2 Å². The Morgan fingerprint density at radius 2 is 2.31 bits per heavy atom. The molecule has 0 aliphatic heterocycles. The first-order valence-corrected chi connectivity index (χ1v) is 6.86. The Morgan fingerprint density at radius 3 is 3.00 bits per heavy atom. The van der Waals surface area contributed by atoms with Gasteiger partial charge in [-0.05, 0) is 30.9 Å². The molecule has 2 N–H and O–H groups in total. The van der Waals surface area contributed by atoms with Crippen LogP contribution in [0.4, 0.5) is 5.69 Å². The first-order chi connectivity index (χ1) is 7.76. The molecule has 16 heavy (non-hydrogen) atoms. The summed E-state index contributed by atoms with van der Waals surface area (Å²) in [6, 6.07) is 6.44. The lowest BCUT2D eigenvalue weighted by molar-refractivity contribution is 0.553. The fraction of sp³-hybridized carbons (Fsp3) is 0.417. The maximum absolute atomic E-state index is 5.75. The number of nitrogens with zero attached hydrogens (tertiary/aromatic N) is 2. The normalized spacial score (nSPS) is 13.1. The van der Waals surface area contributed by atoms with Crippen LogP contribution in [0, 0.1) is 0 Å². The largest absolute Gasteiger partial charge is 0.399 e. The lowest BCUT2D eigenvalue weighted by Gasteiger charge is -2.16. The number of fused-ring (bicyclic) bond motifs is 1. The van der Waals surface area contributed by atoms with Crippen molar-refractivity contribution < 1.29 is 0 Å². The van der Waals surface area contributed by atoms with Gasteiger partial charge in [-0.15, -0.1) is 0 Å². The second-order valence-electron chi connectivity index (χ2n) is 3.92. The van der Waals surface area contributed by atoms with Crippen molar-refractivity contribution in [1.29, 1.82) is 0 Å².